The summed E-state index contributed by atoms with van der Waals surface area (Å²) >= 11 is 0. The zero-order valence-electron chi connectivity index (χ0n) is 10.8. The van der Waals surface area contributed by atoms with Gasteiger partial charge in [-0.3, -0.25) is 4.98 Å². The SMILES string of the molecule is OC1(C2CC2)c2ccccc2CCc2ncccc21. The van der Waals surface area contributed by atoms with Gasteiger partial charge in [0.2, 0.25) is 0 Å². The average molecular weight is 251 g/mol. The van der Waals surface area contributed by atoms with Gasteiger partial charge in [-0.1, -0.05) is 30.3 Å². The highest BCUT2D eigenvalue weighted by atomic mass is 16.3. The Labute approximate surface area is 113 Å². The maximum absolute atomic E-state index is 11.5. The van der Waals surface area contributed by atoms with Crippen molar-refractivity contribution >= 4 is 0 Å². The Bertz CT molecular complexity index is 583. The topological polar surface area (TPSA) is 33.1 Å². The predicted molar refractivity (Wildman–Crippen MR) is 73.8 cm³/mol. The van der Waals surface area contributed by atoms with Crippen LogP contribution in [0.1, 0.15) is 35.2 Å². The Morgan fingerprint density at radius 3 is 2.63 bits per heavy atom. The molecule has 0 spiro atoms. The minimum atomic E-state index is -0.823. The van der Waals surface area contributed by atoms with Crippen LogP contribution in [0.4, 0.5) is 0 Å². The van der Waals surface area contributed by atoms with E-state index < -0.39 is 5.60 Å². The van der Waals surface area contributed by atoms with Gasteiger partial charge in [-0.05, 0) is 48.8 Å². The maximum Gasteiger partial charge on any atom is 0.119 e. The van der Waals surface area contributed by atoms with E-state index in [1.165, 1.54) is 5.56 Å². The molecule has 0 bridgehead atoms. The summed E-state index contributed by atoms with van der Waals surface area (Å²) in [4.78, 5) is 4.51. The fourth-order valence-corrected chi connectivity index (χ4v) is 3.43. The van der Waals surface area contributed by atoms with Crippen LogP contribution < -0.4 is 0 Å². The third-order valence-corrected chi connectivity index (χ3v) is 4.53. The Kier molecular flexibility index (Phi) is 2.30. The number of aliphatic hydroxyl groups is 1. The monoisotopic (exact) mass is 251 g/mol. The highest BCUT2D eigenvalue weighted by molar-refractivity contribution is 5.47. The number of aryl methyl sites for hydroxylation is 2. The molecule has 19 heavy (non-hydrogen) atoms. The summed E-state index contributed by atoms with van der Waals surface area (Å²) in [5.41, 5.74) is 3.64. The van der Waals surface area contributed by atoms with Crippen molar-refractivity contribution in [2.45, 2.75) is 31.3 Å². The second-order valence-corrected chi connectivity index (χ2v) is 5.70. The molecule has 1 heterocycles. The third-order valence-electron chi connectivity index (χ3n) is 4.53. The van der Waals surface area contributed by atoms with E-state index in [1.807, 2.05) is 18.3 Å². The molecule has 2 heteroatoms. The number of nitrogens with zero attached hydrogens (tertiary/aromatic N) is 1. The summed E-state index contributed by atoms with van der Waals surface area (Å²) in [7, 11) is 0. The van der Waals surface area contributed by atoms with Gasteiger partial charge in [-0.2, -0.15) is 0 Å². The molecular weight excluding hydrogens is 234 g/mol. The largest absolute Gasteiger partial charge is 0.380 e. The predicted octanol–water partition coefficient (Wildman–Crippen LogP) is 2.83. The Balaban J connectivity index is 2.01. The van der Waals surface area contributed by atoms with E-state index >= 15 is 0 Å². The van der Waals surface area contributed by atoms with Crippen LogP contribution in [0.25, 0.3) is 0 Å². The van der Waals surface area contributed by atoms with E-state index in [-0.39, 0.29) is 0 Å². The molecule has 0 radical (unpaired) electrons. The van der Waals surface area contributed by atoms with Gasteiger partial charge in [0.15, 0.2) is 0 Å². The van der Waals surface area contributed by atoms with Crippen molar-refractivity contribution in [1.82, 2.24) is 4.98 Å². The number of aromatic nitrogens is 1. The Morgan fingerprint density at radius 2 is 1.79 bits per heavy atom. The molecular formula is C17H17NO. The van der Waals surface area contributed by atoms with Gasteiger partial charge in [-0.25, -0.2) is 0 Å². The van der Waals surface area contributed by atoms with Crippen molar-refractivity contribution in [2.24, 2.45) is 5.92 Å². The van der Waals surface area contributed by atoms with Crippen molar-refractivity contribution in [3.63, 3.8) is 0 Å². The molecule has 96 valence electrons. The minimum Gasteiger partial charge on any atom is -0.380 e. The van der Waals surface area contributed by atoms with E-state index in [9.17, 15) is 5.11 Å². The number of fused-ring (bicyclic) bond motifs is 2. The lowest BCUT2D eigenvalue weighted by molar-refractivity contribution is 0.0554. The quantitative estimate of drug-likeness (QED) is 0.845. The van der Waals surface area contributed by atoms with Gasteiger partial charge >= 0.3 is 0 Å². The lowest BCUT2D eigenvalue weighted by atomic mass is 9.81. The van der Waals surface area contributed by atoms with Crippen molar-refractivity contribution in [2.75, 3.05) is 0 Å². The lowest BCUT2D eigenvalue weighted by Crippen LogP contribution is -2.31. The first-order chi connectivity index (χ1) is 9.30. The second-order valence-electron chi connectivity index (χ2n) is 5.70. The molecule has 0 saturated heterocycles. The van der Waals surface area contributed by atoms with Crippen molar-refractivity contribution in [3.05, 3.63) is 65.0 Å². The van der Waals surface area contributed by atoms with Gasteiger partial charge in [-0.15, -0.1) is 0 Å². The molecule has 0 amide bonds. The molecule has 2 aliphatic carbocycles. The zero-order valence-corrected chi connectivity index (χ0v) is 10.8. The zero-order chi connectivity index (χ0) is 12.9. The van der Waals surface area contributed by atoms with Crippen LogP contribution in [0, 0.1) is 5.92 Å². The molecule has 1 saturated carbocycles. The number of pyridine rings is 1. The normalized spacial score (nSPS) is 25.3. The standard InChI is InChI=1S/C17H17NO/c19-17(13-8-9-13)14-5-2-1-4-12(14)7-10-16-15(17)6-3-11-18-16/h1-6,11,13,19H,7-10H2. The fourth-order valence-electron chi connectivity index (χ4n) is 3.43. The van der Waals surface area contributed by atoms with Crippen LogP contribution in [0.2, 0.25) is 0 Å². The summed E-state index contributed by atoms with van der Waals surface area (Å²) in [6, 6.07) is 12.3. The first-order valence-corrected chi connectivity index (χ1v) is 7.05. The molecule has 0 aliphatic heterocycles. The average Bonchev–Trinajstić information content (AvgIpc) is 3.29. The molecule has 1 atom stereocenters. The third kappa shape index (κ3) is 1.56. The second kappa shape index (κ2) is 3.91. The molecule has 1 N–H and O–H groups in total. The van der Waals surface area contributed by atoms with Crippen LogP contribution in [-0.2, 0) is 18.4 Å². The van der Waals surface area contributed by atoms with Crippen molar-refractivity contribution < 1.29 is 5.11 Å². The number of hydrogen-bond acceptors (Lipinski definition) is 2. The summed E-state index contributed by atoms with van der Waals surface area (Å²) < 4.78 is 0. The first kappa shape index (κ1) is 11.2. The summed E-state index contributed by atoms with van der Waals surface area (Å²) in [5.74, 6) is 0.356. The van der Waals surface area contributed by atoms with E-state index in [0.717, 1.165) is 42.5 Å². The van der Waals surface area contributed by atoms with Gasteiger partial charge in [0, 0.05) is 17.5 Å². The van der Waals surface area contributed by atoms with Crippen LogP contribution in [0.5, 0.6) is 0 Å². The molecule has 1 aromatic carbocycles. The molecule has 2 aromatic rings. The van der Waals surface area contributed by atoms with E-state index in [4.69, 9.17) is 0 Å². The van der Waals surface area contributed by atoms with E-state index in [1.54, 1.807) is 0 Å². The number of hydrogen-bond donors (Lipinski definition) is 1. The Morgan fingerprint density at radius 1 is 1.00 bits per heavy atom. The van der Waals surface area contributed by atoms with Gasteiger partial charge in [0.25, 0.3) is 0 Å². The van der Waals surface area contributed by atoms with Crippen LogP contribution in [0.15, 0.2) is 42.6 Å². The van der Waals surface area contributed by atoms with Crippen LogP contribution >= 0.6 is 0 Å². The van der Waals surface area contributed by atoms with E-state index in [2.05, 4.69) is 29.2 Å². The van der Waals surface area contributed by atoms with Gasteiger partial charge < -0.3 is 5.11 Å². The van der Waals surface area contributed by atoms with Gasteiger partial charge in [0.1, 0.15) is 5.60 Å². The number of benzene rings is 1. The smallest absolute Gasteiger partial charge is 0.119 e. The summed E-state index contributed by atoms with van der Waals surface area (Å²) in [5, 5.41) is 11.5. The molecule has 1 aromatic heterocycles. The number of rotatable bonds is 1. The highest BCUT2D eigenvalue weighted by Crippen LogP contribution is 2.52. The van der Waals surface area contributed by atoms with Gasteiger partial charge in [0.05, 0.1) is 0 Å². The van der Waals surface area contributed by atoms with E-state index in [0.29, 0.717) is 5.92 Å². The molecule has 1 unspecified atom stereocenters. The fraction of sp³-hybridized carbons (Fsp3) is 0.353. The van der Waals surface area contributed by atoms with Crippen molar-refractivity contribution in [3.8, 4) is 0 Å². The molecule has 2 aliphatic rings. The summed E-state index contributed by atoms with van der Waals surface area (Å²) in [6.07, 6.45) is 5.94. The molecule has 1 fully saturated rings. The molecule has 2 nitrogen and oxygen atoms in total. The minimum absolute atomic E-state index is 0.356. The lowest BCUT2D eigenvalue weighted by Gasteiger charge is -2.30. The van der Waals surface area contributed by atoms with Crippen molar-refractivity contribution in [1.29, 1.82) is 0 Å². The Hall–Kier alpha value is -1.67. The van der Waals surface area contributed by atoms with Crippen LogP contribution in [0.3, 0.4) is 0 Å². The first-order valence-electron chi connectivity index (χ1n) is 7.05. The van der Waals surface area contributed by atoms with Crippen LogP contribution in [-0.4, -0.2) is 10.1 Å². The highest BCUT2D eigenvalue weighted by Gasteiger charge is 2.49. The maximum atomic E-state index is 11.5. The summed E-state index contributed by atoms with van der Waals surface area (Å²) in [6.45, 7) is 0. The molecule has 4 rings (SSSR count).